The number of hydrazone groups is 1. The Morgan fingerprint density at radius 1 is 1.39 bits per heavy atom. The molecule has 98 valence electrons. The van der Waals surface area contributed by atoms with Gasteiger partial charge in [-0.05, 0) is 30.5 Å². The highest BCUT2D eigenvalue weighted by Gasteiger charge is 2.08. The zero-order valence-corrected chi connectivity index (χ0v) is 11.5. The summed E-state index contributed by atoms with van der Waals surface area (Å²) in [7, 11) is 0. The van der Waals surface area contributed by atoms with Crippen molar-refractivity contribution in [1.29, 1.82) is 0 Å². The first-order valence-electron chi connectivity index (χ1n) is 5.80. The number of nitrogens with one attached hydrogen (secondary N) is 1. The summed E-state index contributed by atoms with van der Waals surface area (Å²) in [4.78, 5) is 11.2. The highest BCUT2D eigenvalue weighted by molar-refractivity contribution is 6.82. The van der Waals surface area contributed by atoms with Crippen molar-refractivity contribution >= 4 is 28.4 Å². The third-order valence-electron chi connectivity index (χ3n) is 2.30. The van der Waals surface area contributed by atoms with Gasteiger partial charge in [0.15, 0.2) is 0 Å². The highest BCUT2D eigenvalue weighted by atomic mass is 35.5. The number of hydrogen-bond donors (Lipinski definition) is 1. The number of rotatable bonds is 5. The lowest BCUT2D eigenvalue weighted by atomic mass is 10.0. The third kappa shape index (κ3) is 4.37. The fraction of sp³-hybridized carbons (Fsp3) is 0.385. The van der Waals surface area contributed by atoms with Crippen molar-refractivity contribution < 1.29 is 9.53 Å². The number of hydrogen-bond acceptors (Lipinski definition) is 4. The summed E-state index contributed by atoms with van der Waals surface area (Å²) >= 11 is 5.65. The molecule has 1 aromatic carbocycles. The molecule has 0 aliphatic carbocycles. The molecule has 5 heteroatoms. The summed E-state index contributed by atoms with van der Waals surface area (Å²) in [6, 6.07) is 7.77. The van der Waals surface area contributed by atoms with Crippen LogP contribution in [0.25, 0.3) is 0 Å². The van der Waals surface area contributed by atoms with Gasteiger partial charge in [-0.15, -0.1) is 0 Å². The first-order valence-corrected chi connectivity index (χ1v) is 6.18. The van der Waals surface area contributed by atoms with Crippen LogP contribution < -0.4 is 5.43 Å². The summed E-state index contributed by atoms with van der Waals surface area (Å²) < 4.78 is 4.70. The molecule has 0 aromatic heterocycles. The zero-order chi connectivity index (χ0) is 13.5. The molecule has 0 fully saturated rings. The summed E-state index contributed by atoms with van der Waals surface area (Å²) in [5, 5.41) is 3.53. The second kappa shape index (κ2) is 7.01. The van der Waals surface area contributed by atoms with Crippen molar-refractivity contribution in [2.24, 2.45) is 5.10 Å². The molecule has 4 nitrogen and oxygen atoms in total. The Hall–Kier alpha value is -1.55. The topological polar surface area (TPSA) is 50.7 Å². The number of carbonyl (C=O) groups is 1. The molecule has 1 N–H and O–H groups in total. The number of esters is 1. The van der Waals surface area contributed by atoms with Gasteiger partial charge in [0.2, 0.25) is 5.17 Å². The predicted molar refractivity (Wildman–Crippen MR) is 74.1 cm³/mol. The van der Waals surface area contributed by atoms with E-state index in [4.69, 9.17) is 16.3 Å². The molecule has 0 saturated heterocycles. The van der Waals surface area contributed by atoms with Gasteiger partial charge >= 0.3 is 5.97 Å². The van der Waals surface area contributed by atoms with Crippen LogP contribution in [-0.2, 0) is 9.53 Å². The first-order chi connectivity index (χ1) is 8.54. The molecule has 0 bridgehead atoms. The van der Waals surface area contributed by atoms with E-state index in [0.29, 0.717) is 5.92 Å². The lowest BCUT2D eigenvalue weighted by Crippen LogP contribution is -2.13. The van der Waals surface area contributed by atoms with E-state index in [2.05, 4.69) is 24.4 Å². The minimum Gasteiger partial charge on any atom is -0.461 e. The van der Waals surface area contributed by atoms with E-state index in [1.54, 1.807) is 6.92 Å². The average molecular weight is 269 g/mol. The normalized spacial score (nSPS) is 11.5. The van der Waals surface area contributed by atoms with Crippen LogP contribution in [0.5, 0.6) is 0 Å². The molecule has 0 aliphatic rings. The highest BCUT2D eigenvalue weighted by Crippen LogP contribution is 2.17. The largest absolute Gasteiger partial charge is 0.461 e. The van der Waals surface area contributed by atoms with Crippen LogP contribution in [0.1, 0.15) is 32.3 Å². The van der Waals surface area contributed by atoms with E-state index >= 15 is 0 Å². The molecule has 0 unspecified atom stereocenters. The van der Waals surface area contributed by atoms with Crippen molar-refractivity contribution in [3.05, 3.63) is 29.8 Å². The van der Waals surface area contributed by atoms with E-state index < -0.39 is 5.97 Å². The Morgan fingerprint density at radius 2 is 2.00 bits per heavy atom. The quantitative estimate of drug-likeness (QED) is 0.506. The number of benzene rings is 1. The molecule has 1 aromatic rings. The molecule has 0 aliphatic heterocycles. The fourth-order valence-electron chi connectivity index (χ4n) is 1.29. The molecule has 1 rings (SSSR count). The minimum atomic E-state index is -0.634. The van der Waals surface area contributed by atoms with Gasteiger partial charge in [-0.25, -0.2) is 4.79 Å². The van der Waals surface area contributed by atoms with Gasteiger partial charge in [-0.2, -0.15) is 5.10 Å². The van der Waals surface area contributed by atoms with E-state index in [0.717, 1.165) is 5.69 Å². The molecule has 0 spiro atoms. The smallest absolute Gasteiger partial charge is 0.370 e. The SMILES string of the molecule is CCOC(=O)/C(Cl)=N\Nc1ccc(C(C)C)cc1. The van der Waals surface area contributed by atoms with E-state index in [1.165, 1.54) is 5.56 Å². The Kier molecular flexibility index (Phi) is 5.65. The van der Waals surface area contributed by atoms with Gasteiger partial charge in [0.1, 0.15) is 0 Å². The van der Waals surface area contributed by atoms with E-state index in [1.807, 2.05) is 24.3 Å². The average Bonchev–Trinajstić information content (AvgIpc) is 2.36. The second-order valence-electron chi connectivity index (χ2n) is 4.01. The van der Waals surface area contributed by atoms with Crippen LogP contribution >= 0.6 is 11.6 Å². The molecule has 0 atom stereocenters. The maximum Gasteiger partial charge on any atom is 0.370 e. The maximum absolute atomic E-state index is 11.2. The molecular formula is C13H17ClN2O2. The summed E-state index contributed by atoms with van der Waals surface area (Å²) in [6.07, 6.45) is 0. The van der Waals surface area contributed by atoms with E-state index in [-0.39, 0.29) is 11.8 Å². The molecule has 0 amide bonds. The van der Waals surface area contributed by atoms with Crippen molar-refractivity contribution in [3.63, 3.8) is 0 Å². The Balaban J connectivity index is 2.63. The van der Waals surface area contributed by atoms with Gasteiger partial charge in [0.05, 0.1) is 12.3 Å². The molecular weight excluding hydrogens is 252 g/mol. The van der Waals surface area contributed by atoms with Crippen LogP contribution in [0.4, 0.5) is 5.69 Å². The van der Waals surface area contributed by atoms with Gasteiger partial charge < -0.3 is 4.74 Å². The lowest BCUT2D eigenvalue weighted by Gasteiger charge is -2.06. The molecule has 0 saturated carbocycles. The summed E-state index contributed by atoms with van der Waals surface area (Å²) in [5.41, 5.74) is 4.71. The maximum atomic E-state index is 11.2. The number of ether oxygens (including phenoxy) is 1. The van der Waals surface area contributed by atoms with Crippen LogP contribution in [0, 0.1) is 0 Å². The molecule has 0 radical (unpaired) electrons. The lowest BCUT2D eigenvalue weighted by molar-refractivity contribution is -0.134. The van der Waals surface area contributed by atoms with Crippen molar-refractivity contribution in [1.82, 2.24) is 0 Å². The van der Waals surface area contributed by atoms with Crippen LogP contribution in [0.2, 0.25) is 0 Å². The van der Waals surface area contributed by atoms with Crippen molar-refractivity contribution in [2.75, 3.05) is 12.0 Å². The second-order valence-corrected chi connectivity index (χ2v) is 4.37. The van der Waals surface area contributed by atoms with Gasteiger partial charge in [0.25, 0.3) is 0 Å². The Bertz CT molecular complexity index is 427. The Morgan fingerprint density at radius 3 is 2.50 bits per heavy atom. The summed E-state index contributed by atoms with van der Waals surface area (Å²) in [5.74, 6) is -0.156. The molecule has 0 heterocycles. The Labute approximate surface area is 112 Å². The van der Waals surface area contributed by atoms with Gasteiger partial charge in [-0.3, -0.25) is 5.43 Å². The monoisotopic (exact) mass is 268 g/mol. The van der Waals surface area contributed by atoms with Crippen molar-refractivity contribution in [3.8, 4) is 0 Å². The van der Waals surface area contributed by atoms with Crippen LogP contribution in [0.3, 0.4) is 0 Å². The van der Waals surface area contributed by atoms with Gasteiger partial charge in [0, 0.05) is 0 Å². The third-order valence-corrected chi connectivity index (χ3v) is 2.54. The van der Waals surface area contributed by atoms with E-state index in [9.17, 15) is 4.79 Å². The van der Waals surface area contributed by atoms with Gasteiger partial charge in [-0.1, -0.05) is 37.6 Å². The van der Waals surface area contributed by atoms with Crippen molar-refractivity contribution in [2.45, 2.75) is 26.7 Å². The number of anilines is 1. The zero-order valence-electron chi connectivity index (χ0n) is 10.7. The first kappa shape index (κ1) is 14.5. The predicted octanol–water partition coefficient (Wildman–Crippen LogP) is 3.34. The molecule has 18 heavy (non-hydrogen) atoms. The minimum absolute atomic E-state index is 0.218. The fourth-order valence-corrected chi connectivity index (χ4v) is 1.39. The number of nitrogens with zero attached hydrogens (tertiary/aromatic N) is 1. The number of carbonyl (C=O) groups excluding carboxylic acids is 1. The summed E-state index contributed by atoms with van der Waals surface area (Å²) in [6.45, 7) is 6.23. The number of halogens is 1. The standard InChI is InChI=1S/C13H17ClN2O2/c1-4-18-13(17)12(14)16-15-11-7-5-10(6-8-11)9(2)3/h5-9,15H,4H2,1-3H3/b16-12+. The van der Waals surface area contributed by atoms with Crippen LogP contribution in [0.15, 0.2) is 29.4 Å². The van der Waals surface area contributed by atoms with Crippen LogP contribution in [-0.4, -0.2) is 17.7 Å².